The van der Waals surface area contributed by atoms with Crippen LogP contribution >= 0.6 is 0 Å². The zero-order chi connectivity index (χ0) is 21.1. The Balaban J connectivity index is 1.35. The van der Waals surface area contributed by atoms with Gasteiger partial charge >= 0.3 is 0 Å². The first-order chi connectivity index (χ1) is 14.5. The number of aromatic amines is 1. The fraction of sp³-hybridized carbons (Fsp3) is 0.500. The van der Waals surface area contributed by atoms with Crippen molar-refractivity contribution in [3.05, 3.63) is 41.8 Å². The van der Waals surface area contributed by atoms with E-state index in [1.807, 2.05) is 31.0 Å². The van der Waals surface area contributed by atoms with Gasteiger partial charge in [0.25, 0.3) is 5.91 Å². The molecule has 0 radical (unpaired) electrons. The van der Waals surface area contributed by atoms with Crippen molar-refractivity contribution in [2.75, 3.05) is 33.2 Å². The fourth-order valence-corrected chi connectivity index (χ4v) is 4.23. The Hall–Kier alpha value is -2.87. The largest absolute Gasteiger partial charge is 0.460 e. The lowest BCUT2D eigenvalue weighted by Gasteiger charge is -2.28. The van der Waals surface area contributed by atoms with Gasteiger partial charge in [-0.2, -0.15) is 5.10 Å². The van der Waals surface area contributed by atoms with Crippen LogP contribution in [-0.4, -0.2) is 71.1 Å². The molecule has 0 spiro atoms. The molecule has 1 saturated heterocycles. The summed E-state index contributed by atoms with van der Waals surface area (Å²) < 4.78 is 5.58. The number of rotatable bonds is 4. The van der Waals surface area contributed by atoms with E-state index in [9.17, 15) is 9.59 Å². The third kappa shape index (κ3) is 4.64. The predicted octanol–water partition coefficient (Wildman–Crippen LogP) is 2.21. The van der Waals surface area contributed by atoms with Gasteiger partial charge in [-0.3, -0.25) is 14.7 Å². The second-order valence-electron chi connectivity index (χ2n) is 8.29. The Labute approximate surface area is 176 Å². The molecular weight excluding hydrogens is 382 g/mol. The third-order valence-electron chi connectivity index (χ3n) is 5.80. The molecule has 2 aliphatic rings. The molecule has 0 bridgehead atoms. The summed E-state index contributed by atoms with van der Waals surface area (Å²) >= 11 is 0. The monoisotopic (exact) mass is 411 g/mol. The fourth-order valence-electron chi connectivity index (χ4n) is 4.23. The van der Waals surface area contributed by atoms with E-state index in [2.05, 4.69) is 32.6 Å². The Morgan fingerprint density at radius 2 is 2.10 bits per heavy atom. The van der Waals surface area contributed by atoms with Crippen LogP contribution in [0.5, 0.6) is 0 Å². The first-order valence-electron chi connectivity index (χ1n) is 10.5. The van der Waals surface area contributed by atoms with Crippen LogP contribution in [0.3, 0.4) is 0 Å². The summed E-state index contributed by atoms with van der Waals surface area (Å²) in [6, 6.07) is 5.40. The van der Waals surface area contributed by atoms with Crippen molar-refractivity contribution in [3.8, 4) is 11.5 Å². The van der Waals surface area contributed by atoms with E-state index in [0.717, 1.165) is 38.1 Å². The van der Waals surface area contributed by atoms with Gasteiger partial charge in [-0.25, -0.2) is 0 Å². The second kappa shape index (κ2) is 8.87. The van der Waals surface area contributed by atoms with Crippen LogP contribution in [0, 0.1) is 12.8 Å². The van der Waals surface area contributed by atoms with Gasteiger partial charge in [0, 0.05) is 38.3 Å². The zero-order valence-electron chi connectivity index (χ0n) is 17.6. The number of aryl methyl sites for hydroxylation is 1. The van der Waals surface area contributed by atoms with Gasteiger partial charge < -0.3 is 19.5 Å². The molecule has 1 fully saturated rings. The maximum absolute atomic E-state index is 12.9. The summed E-state index contributed by atoms with van der Waals surface area (Å²) in [7, 11) is 2.01. The van der Waals surface area contributed by atoms with Crippen LogP contribution in [0.15, 0.2) is 34.8 Å². The molecule has 0 aromatic carbocycles. The number of nitrogens with zero attached hydrogens (tertiary/aromatic N) is 3. The van der Waals surface area contributed by atoms with Crippen molar-refractivity contribution in [3.63, 3.8) is 0 Å². The number of H-pyrrole nitrogens is 1. The van der Waals surface area contributed by atoms with Crippen LogP contribution in [0.2, 0.25) is 0 Å². The van der Waals surface area contributed by atoms with Gasteiger partial charge in [0.2, 0.25) is 5.91 Å². The van der Waals surface area contributed by atoms with Gasteiger partial charge in [0.15, 0.2) is 11.5 Å². The number of carbonyl (C=O) groups is 2. The summed E-state index contributed by atoms with van der Waals surface area (Å²) in [6.45, 7) is 4.80. The molecule has 4 heterocycles. The average molecular weight is 412 g/mol. The van der Waals surface area contributed by atoms with Crippen molar-refractivity contribution in [2.24, 2.45) is 5.92 Å². The Bertz CT molecular complexity index is 931. The number of nitrogens with one attached hydrogen (secondary N) is 2. The van der Waals surface area contributed by atoms with Crippen LogP contribution < -0.4 is 5.32 Å². The number of hydrogen-bond donors (Lipinski definition) is 2. The molecule has 2 aliphatic heterocycles. The van der Waals surface area contributed by atoms with Gasteiger partial charge in [0.1, 0.15) is 11.5 Å². The minimum Gasteiger partial charge on any atom is -0.460 e. The van der Waals surface area contributed by atoms with Crippen LogP contribution in [0.4, 0.5) is 0 Å². The van der Waals surface area contributed by atoms with E-state index in [4.69, 9.17) is 4.42 Å². The summed E-state index contributed by atoms with van der Waals surface area (Å²) in [5, 5.41) is 10.1. The zero-order valence-corrected chi connectivity index (χ0v) is 17.6. The summed E-state index contributed by atoms with van der Waals surface area (Å²) in [5.41, 5.74) is 1.01. The molecule has 2 N–H and O–H groups in total. The van der Waals surface area contributed by atoms with E-state index in [-0.39, 0.29) is 23.8 Å². The molecule has 2 amide bonds. The Kier molecular flexibility index (Phi) is 6.03. The van der Waals surface area contributed by atoms with E-state index in [0.29, 0.717) is 30.2 Å². The highest BCUT2D eigenvalue weighted by Gasteiger charge is 2.30. The van der Waals surface area contributed by atoms with Gasteiger partial charge in [0.05, 0.1) is 5.92 Å². The highest BCUT2D eigenvalue weighted by molar-refractivity contribution is 5.93. The number of likely N-dealkylation sites (tertiary alicyclic amines) is 1. The second-order valence-corrected chi connectivity index (χ2v) is 8.29. The first-order valence-corrected chi connectivity index (χ1v) is 10.5. The Morgan fingerprint density at radius 3 is 2.83 bits per heavy atom. The molecule has 30 heavy (non-hydrogen) atoms. The first kappa shape index (κ1) is 20.4. The van der Waals surface area contributed by atoms with Crippen molar-refractivity contribution in [2.45, 2.75) is 32.2 Å². The molecule has 4 rings (SSSR count). The summed E-state index contributed by atoms with van der Waals surface area (Å²) in [4.78, 5) is 29.7. The highest BCUT2D eigenvalue weighted by Crippen LogP contribution is 2.22. The topological polar surface area (TPSA) is 94.5 Å². The molecule has 0 saturated carbocycles. The van der Waals surface area contributed by atoms with Gasteiger partial charge in [-0.1, -0.05) is 12.2 Å². The van der Waals surface area contributed by atoms with Crippen LogP contribution in [0.25, 0.3) is 11.5 Å². The molecule has 160 valence electrons. The van der Waals surface area contributed by atoms with Crippen molar-refractivity contribution in [1.29, 1.82) is 0 Å². The van der Waals surface area contributed by atoms with E-state index < -0.39 is 0 Å². The smallest absolute Gasteiger partial charge is 0.272 e. The normalized spacial score (nSPS) is 22.7. The van der Waals surface area contributed by atoms with E-state index in [1.165, 1.54) is 0 Å². The molecule has 0 aliphatic carbocycles. The lowest BCUT2D eigenvalue weighted by molar-refractivity contribution is -0.135. The van der Waals surface area contributed by atoms with Crippen molar-refractivity contribution < 1.29 is 14.0 Å². The van der Waals surface area contributed by atoms with Crippen LogP contribution in [-0.2, 0) is 4.79 Å². The van der Waals surface area contributed by atoms with E-state index >= 15 is 0 Å². The number of hydrogen-bond acceptors (Lipinski definition) is 5. The minimum atomic E-state index is -0.217. The maximum Gasteiger partial charge on any atom is 0.272 e. The number of furan rings is 1. The minimum absolute atomic E-state index is 0.0208. The van der Waals surface area contributed by atoms with Crippen molar-refractivity contribution in [1.82, 2.24) is 25.3 Å². The summed E-state index contributed by atoms with van der Waals surface area (Å²) in [5.74, 6) is 1.44. The van der Waals surface area contributed by atoms with Gasteiger partial charge in [-0.15, -0.1) is 0 Å². The maximum atomic E-state index is 12.9. The summed E-state index contributed by atoms with van der Waals surface area (Å²) in [6.07, 6.45) is 6.65. The van der Waals surface area contributed by atoms with Crippen LogP contribution in [0.1, 0.15) is 35.5 Å². The number of aromatic nitrogens is 2. The standard InChI is InChI=1S/C22H29N5O3/c1-15-6-9-20(30-15)18-12-19(25-24-18)21(28)23-17-8-7-16(13-26(2)14-17)22(29)27-10-4-3-5-11-27/h3-4,6,9,12,16-17H,5,7-8,10-11,13-14H2,1-2H3,(H,23,28)(H,24,25)/t16-,17+/m1/s1. The molecule has 2 aromatic heterocycles. The third-order valence-corrected chi connectivity index (χ3v) is 5.80. The number of carbonyl (C=O) groups excluding carboxylic acids is 2. The molecule has 8 nitrogen and oxygen atoms in total. The lowest BCUT2D eigenvalue weighted by atomic mass is 9.99. The molecule has 2 aromatic rings. The molecular formula is C22H29N5O3. The lowest BCUT2D eigenvalue weighted by Crippen LogP contribution is -2.43. The number of amides is 2. The van der Waals surface area contributed by atoms with Crippen molar-refractivity contribution >= 4 is 11.8 Å². The van der Waals surface area contributed by atoms with E-state index in [1.54, 1.807) is 6.07 Å². The molecule has 8 heteroatoms. The van der Waals surface area contributed by atoms with Gasteiger partial charge in [-0.05, 0) is 45.4 Å². The Morgan fingerprint density at radius 1 is 1.23 bits per heavy atom. The molecule has 0 unspecified atom stereocenters. The highest BCUT2D eigenvalue weighted by atomic mass is 16.3. The molecule has 2 atom stereocenters. The predicted molar refractivity (Wildman–Crippen MR) is 113 cm³/mol. The number of likely N-dealkylation sites (N-methyl/N-ethyl adjacent to an activating group) is 1. The quantitative estimate of drug-likeness (QED) is 0.753. The SMILES string of the molecule is Cc1ccc(-c2cc(C(=O)N[C@H]3CC[C@@H](C(=O)N4CC=CCC4)CN(C)C3)n[nH]2)o1. The average Bonchev–Trinajstić information content (AvgIpc) is 3.36.